The molecule has 2 aromatic carbocycles. The van der Waals surface area contributed by atoms with E-state index in [4.69, 9.17) is 9.47 Å². The van der Waals surface area contributed by atoms with E-state index in [-0.39, 0.29) is 31.7 Å². The van der Waals surface area contributed by atoms with Gasteiger partial charge in [-0.05, 0) is 43.9 Å². The molecule has 0 bridgehead atoms. The van der Waals surface area contributed by atoms with Crippen molar-refractivity contribution < 1.29 is 27.5 Å². The number of ether oxygens (including phenoxy) is 2. The Kier molecular flexibility index (Phi) is 5.69. The Labute approximate surface area is 180 Å². The van der Waals surface area contributed by atoms with Crippen LogP contribution in [0.4, 0.5) is 0 Å². The second-order valence-electron chi connectivity index (χ2n) is 7.57. The van der Waals surface area contributed by atoms with Crippen LogP contribution in [0.5, 0.6) is 11.5 Å². The summed E-state index contributed by atoms with van der Waals surface area (Å²) in [4.78, 5) is 27.7. The highest BCUT2D eigenvalue weighted by molar-refractivity contribution is 7.89. The largest absolute Gasteiger partial charge is 0.454 e. The maximum absolute atomic E-state index is 12.6. The van der Waals surface area contributed by atoms with Crippen LogP contribution in [0.2, 0.25) is 0 Å². The number of imide groups is 1. The van der Waals surface area contributed by atoms with Gasteiger partial charge in [0.05, 0.1) is 16.9 Å². The van der Waals surface area contributed by atoms with E-state index < -0.39 is 21.8 Å². The minimum atomic E-state index is -3.73. The molecule has 0 fully saturated rings. The van der Waals surface area contributed by atoms with Gasteiger partial charge in [0.25, 0.3) is 11.8 Å². The van der Waals surface area contributed by atoms with Crippen molar-refractivity contribution in [2.45, 2.75) is 6.04 Å². The average molecular weight is 445 g/mol. The number of carbonyl (C=O) groups excluding carboxylic acids is 2. The highest BCUT2D eigenvalue weighted by atomic mass is 32.2. The minimum Gasteiger partial charge on any atom is -0.454 e. The second kappa shape index (κ2) is 8.29. The predicted octanol–water partition coefficient (Wildman–Crippen LogP) is 1.23. The lowest BCUT2D eigenvalue weighted by molar-refractivity contribution is 0.0664. The third-order valence-electron chi connectivity index (χ3n) is 5.36. The fraction of sp³-hybridized carbons (Fsp3) is 0.333. The van der Waals surface area contributed by atoms with Crippen molar-refractivity contribution in [2.24, 2.45) is 0 Å². The molecular weight excluding hydrogens is 422 g/mol. The van der Waals surface area contributed by atoms with Crippen LogP contribution < -0.4 is 14.2 Å². The monoisotopic (exact) mass is 445 g/mol. The summed E-state index contributed by atoms with van der Waals surface area (Å²) in [6.45, 7) is 0.0747. The molecule has 1 atom stereocenters. The summed E-state index contributed by atoms with van der Waals surface area (Å²) in [5, 5.41) is 0. The number of rotatable bonds is 8. The van der Waals surface area contributed by atoms with Crippen LogP contribution in [0.3, 0.4) is 0 Å². The van der Waals surface area contributed by atoms with Crippen LogP contribution in [0, 0.1) is 0 Å². The first kappa shape index (κ1) is 21.3. The first-order chi connectivity index (χ1) is 14.8. The van der Waals surface area contributed by atoms with Crippen molar-refractivity contribution in [1.29, 1.82) is 0 Å². The first-order valence-electron chi connectivity index (χ1n) is 9.75. The molecule has 31 heavy (non-hydrogen) atoms. The van der Waals surface area contributed by atoms with Crippen molar-refractivity contribution >= 4 is 21.8 Å². The highest BCUT2D eigenvalue weighted by Gasteiger charge is 2.35. The van der Waals surface area contributed by atoms with Gasteiger partial charge in [-0.15, -0.1) is 0 Å². The number of fused-ring (bicyclic) bond motifs is 2. The number of amides is 2. The van der Waals surface area contributed by atoms with E-state index in [1.807, 2.05) is 31.1 Å². The number of likely N-dealkylation sites (N-methyl/N-ethyl adjacent to an activating group) is 1. The maximum atomic E-state index is 12.6. The number of carbonyl (C=O) groups is 2. The van der Waals surface area contributed by atoms with Crippen molar-refractivity contribution in [3.8, 4) is 11.5 Å². The molecule has 1 unspecified atom stereocenters. The zero-order valence-electron chi connectivity index (χ0n) is 17.2. The fourth-order valence-electron chi connectivity index (χ4n) is 3.65. The number of hydrogen-bond donors (Lipinski definition) is 1. The molecule has 2 aliphatic rings. The lowest BCUT2D eigenvalue weighted by Crippen LogP contribution is -2.40. The Bertz CT molecular complexity index is 1100. The molecule has 164 valence electrons. The molecule has 2 amide bonds. The van der Waals surface area contributed by atoms with Gasteiger partial charge in [0, 0.05) is 19.1 Å². The molecule has 9 nitrogen and oxygen atoms in total. The van der Waals surface area contributed by atoms with Crippen LogP contribution in [0.25, 0.3) is 0 Å². The van der Waals surface area contributed by atoms with Gasteiger partial charge in [0.15, 0.2) is 11.5 Å². The number of benzene rings is 2. The number of hydrogen-bond acceptors (Lipinski definition) is 7. The van der Waals surface area contributed by atoms with Crippen molar-refractivity contribution in [3.05, 3.63) is 59.2 Å². The van der Waals surface area contributed by atoms with E-state index in [0.717, 1.165) is 10.5 Å². The summed E-state index contributed by atoms with van der Waals surface area (Å²) in [5.41, 5.74) is 1.47. The maximum Gasteiger partial charge on any atom is 0.261 e. The average Bonchev–Trinajstić information content (AvgIpc) is 3.29. The van der Waals surface area contributed by atoms with Crippen LogP contribution in [-0.4, -0.2) is 69.8 Å². The van der Waals surface area contributed by atoms with Gasteiger partial charge in [-0.3, -0.25) is 14.5 Å². The van der Waals surface area contributed by atoms with Gasteiger partial charge in [-0.2, -0.15) is 0 Å². The summed E-state index contributed by atoms with van der Waals surface area (Å²) in [5.74, 6) is -0.0370. The standard InChI is InChI=1S/C21H23N3O6S/c1-23(2)17(14-7-8-18-19(11-14)30-13-29-18)12-22-31(27,28)10-9-24-20(25)15-5-3-4-6-16(15)21(24)26/h3-8,11,17,22H,9-10,12-13H2,1-2H3. The minimum absolute atomic E-state index is 0.122. The normalized spacial score (nSPS) is 16.2. The van der Waals surface area contributed by atoms with Gasteiger partial charge in [0.1, 0.15) is 0 Å². The van der Waals surface area contributed by atoms with Crippen LogP contribution >= 0.6 is 0 Å². The SMILES string of the molecule is CN(C)C(CNS(=O)(=O)CCN1C(=O)c2ccccc2C1=O)c1ccc2c(c1)OCO2. The van der Waals surface area contributed by atoms with Crippen LogP contribution in [0.15, 0.2) is 42.5 Å². The summed E-state index contributed by atoms with van der Waals surface area (Å²) in [6.07, 6.45) is 0. The highest BCUT2D eigenvalue weighted by Crippen LogP contribution is 2.35. The van der Waals surface area contributed by atoms with Crippen molar-refractivity contribution in [2.75, 3.05) is 39.7 Å². The van der Waals surface area contributed by atoms with E-state index in [1.54, 1.807) is 30.3 Å². The summed E-state index contributed by atoms with van der Waals surface area (Å²) in [6, 6.07) is 11.7. The van der Waals surface area contributed by atoms with E-state index >= 15 is 0 Å². The molecule has 0 aromatic heterocycles. The van der Waals surface area contributed by atoms with Crippen molar-refractivity contribution in [3.63, 3.8) is 0 Å². The molecular formula is C21H23N3O6S. The molecule has 4 rings (SSSR count). The van der Waals surface area contributed by atoms with Gasteiger partial charge in [-0.1, -0.05) is 18.2 Å². The Morgan fingerprint density at radius 2 is 1.68 bits per heavy atom. The lowest BCUT2D eigenvalue weighted by atomic mass is 10.1. The lowest BCUT2D eigenvalue weighted by Gasteiger charge is -2.25. The molecule has 0 saturated heterocycles. The molecule has 0 radical (unpaired) electrons. The zero-order valence-corrected chi connectivity index (χ0v) is 18.0. The van der Waals surface area contributed by atoms with E-state index in [2.05, 4.69) is 4.72 Å². The second-order valence-corrected chi connectivity index (χ2v) is 9.49. The van der Waals surface area contributed by atoms with Crippen molar-refractivity contribution in [1.82, 2.24) is 14.5 Å². The third kappa shape index (κ3) is 4.27. The van der Waals surface area contributed by atoms with Gasteiger partial charge >= 0.3 is 0 Å². The fourth-order valence-corrected chi connectivity index (χ4v) is 4.63. The van der Waals surface area contributed by atoms with E-state index in [0.29, 0.717) is 22.6 Å². The summed E-state index contributed by atoms with van der Waals surface area (Å²) in [7, 11) is -0.0310. The van der Waals surface area contributed by atoms with Gasteiger partial charge in [-0.25, -0.2) is 13.1 Å². The third-order valence-corrected chi connectivity index (χ3v) is 6.69. The van der Waals surface area contributed by atoms with Crippen LogP contribution in [0.1, 0.15) is 32.3 Å². The quantitative estimate of drug-likeness (QED) is 0.610. The smallest absolute Gasteiger partial charge is 0.261 e. The molecule has 10 heteroatoms. The number of nitrogens with one attached hydrogen (secondary N) is 1. The van der Waals surface area contributed by atoms with E-state index in [1.165, 1.54) is 0 Å². The molecule has 2 aliphatic heterocycles. The molecule has 0 saturated carbocycles. The molecule has 0 aliphatic carbocycles. The molecule has 1 N–H and O–H groups in total. The number of sulfonamides is 1. The summed E-state index contributed by atoms with van der Waals surface area (Å²) >= 11 is 0. The Morgan fingerprint density at radius 3 is 2.32 bits per heavy atom. The Hall–Kier alpha value is -2.95. The Morgan fingerprint density at radius 1 is 1.03 bits per heavy atom. The van der Waals surface area contributed by atoms with Gasteiger partial charge < -0.3 is 14.4 Å². The van der Waals surface area contributed by atoms with E-state index in [9.17, 15) is 18.0 Å². The number of nitrogens with zero attached hydrogens (tertiary/aromatic N) is 2. The first-order valence-corrected chi connectivity index (χ1v) is 11.4. The summed E-state index contributed by atoms with van der Waals surface area (Å²) < 4.78 is 38.5. The predicted molar refractivity (Wildman–Crippen MR) is 113 cm³/mol. The topological polar surface area (TPSA) is 105 Å². The zero-order chi connectivity index (χ0) is 22.2. The molecule has 0 spiro atoms. The molecule has 2 heterocycles. The molecule has 2 aromatic rings. The Balaban J connectivity index is 1.39. The van der Waals surface area contributed by atoms with Crippen LogP contribution in [-0.2, 0) is 10.0 Å². The van der Waals surface area contributed by atoms with Gasteiger partial charge in [0.2, 0.25) is 16.8 Å².